The van der Waals surface area contributed by atoms with Gasteiger partial charge in [-0.15, -0.1) is 0 Å². The van der Waals surface area contributed by atoms with E-state index >= 15 is 0 Å². The third-order valence-electron chi connectivity index (χ3n) is 3.96. The Labute approximate surface area is 161 Å². The fraction of sp³-hybridized carbons (Fsp3) is 0.222. The monoisotopic (exact) mass is 408 g/mol. The molecule has 3 rings (SSSR count). The third kappa shape index (κ3) is 4.85. The lowest BCUT2D eigenvalue weighted by atomic mass is 10.1. The summed E-state index contributed by atoms with van der Waals surface area (Å²) in [6.07, 6.45) is 0.611. The Balaban J connectivity index is 1.87. The molecule has 7 nitrogen and oxygen atoms in total. The molecule has 1 saturated carbocycles. The number of esters is 1. The van der Waals surface area contributed by atoms with Gasteiger partial charge in [0.1, 0.15) is 4.90 Å². The first kappa shape index (κ1) is 19.3. The molecule has 0 bridgehead atoms. The van der Waals surface area contributed by atoms with E-state index in [1.807, 2.05) is 0 Å². The molecule has 2 aromatic carbocycles. The normalized spacial score (nSPS) is 15.0. The Morgan fingerprint density at radius 2 is 1.81 bits per heavy atom. The smallest absolute Gasteiger partial charge is 0.339 e. The van der Waals surface area contributed by atoms with Crippen LogP contribution in [0.25, 0.3) is 0 Å². The Morgan fingerprint density at radius 1 is 1.15 bits per heavy atom. The summed E-state index contributed by atoms with van der Waals surface area (Å²) in [4.78, 5) is 24.7. The average molecular weight is 409 g/mol. The van der Waals surface area contributed by atoms with E-state index in [4.69, 9.17) is 21.5 Å². The number of primary sulfonamides is 1. The van der Waals surface area contributed by atoms with Crippen molar-refractivity contribution in [3.8, 4) is 0 Å². The van der Waals surface area contributed by atoms with E-state index in [0.717, 1.165) is 18.9 Å². The number of nitrogens with one attached hydrogen (secondary N) is 1. The Hall–Kier alpha value is -2.42. The van der Waals surface area contributed by atoms with E-state index in [-0.39, 0.29) is 16.6 Å². The minimum absolute atomic E-state index is 0.0800. The van der Waals surface area contributed by atoms with Gasteiger partial charge in [0, 0.05) is 11.6 Å². The molecule has 1 atom stereocenters. The maximum absolute atomic E-state index is 12.5. The van der Waals surface area contributed by atoms with Gasteiger partial charge in [0.05, 0.1) is 10.6 Å². The summed E-state index contributed by atoms with van der Waals surface area (Å²) in [6.45, 7) is 0. The van der Waals surface area contributed by atoms with Gasteiger partial charge in [0.15, 0.2) is 0 Å². The summed E-state index contributed by atoms with van der Waals surface area (Å²) in [6, 6.07) is 12.2. The fourth-order valence-corrected chi connectivity index (χ4v) is 3.50. The van der Waals surface area contributed by atoms with Gasteiger partial charge in [0.25, 0.3) is 5.91 Å². The molecule has 1 amide bonds. The predicted molar refractivity (Wildman–Crippen MR) is 98.6 cm³/mol. The van der Waals surface area contributed by atoms with Gasteiger partial charge in [-0.25, -0.2) is 18.4 Å². The van der Waals surface area contributed by atoms with Crippen LogP contribution in [0.15, 0.2) is 53.4 Å². The Bertz CT molecular complexity index is 975. The number of sulfonamides is 1. The second kappa shape index (κ2) is 7.67. The minimum atomic E-state index is -4.11. The summed E-state index contributed by atoms with van der Waals surface area (Å²) in [5.41, 5.74) is 0.424. The summed E-state index contributed by atoms with van der Waals surface area (Å²) in [5, 5.41) is 7.79. The first-order valence-electron chi connectivity index (χ1n) is 8.14. The van der Waals surface area contributed by atoms with Crippen LogP contribution in [-0.4, -0.2) is 26.3 Å². The summed E-state index contributed by atoms with van der Waals surface area (Å²) in [5.74, 6) is -1.30. The number of ether oxygens (including phenoxy) is 1. The second-order valence-corrected chi connectivity index (χ2v) is 8.11. The van der Waals surface area contributed by atoms with Crippen LogP contribution in [0.3, 0.4) is 0 Å². The first-order chi connectivity index (χ1) is 12.8. The van der Waals surface area contributed by atoms with E-state index in [0.29, 0.717) is 5.56 Å². The van der Waals surface area contributed by atoms with E-state index < -0.39 is 32.9 Å². The van der Waals surface area contributed by atoms with Crippen LogP contribution in [0.4, 0.5) is 0 Å². The highest BCUT2D eigenvalue weighted by Gasteiger charge is 2.31. The number of halogens is 1. The summed E-state index contributed by atoms with van der Waals surface area (Å²) >= 11 is 5.83. The van der Waals surface area contributed by atoms with Crippen LogP contribution < -0.4 is 10.5 Å². The van der Waals surface area contributed by atoms with Gasteiger partial charge in [-0.1, -0.05) is 41.9 Å². The van der Waals surface area contributed by atoms with E-state index in [2.05, 4.69) is 5.32 Å². The molecule has 3 N–H and O–H groups in total. The van der Waals surface area contributed by atoms with Gasteiger partial charge in [-0.2, -0.15) is 0 Å². The van der Waals surface area contributed by atoms with Crippen molar-refractivity contribution < 1.29 is 22.7 Å². The van der Waals surface area contributed by atoms with Crippen LogP contribution in [0.2, 0.25) is 5.02 Å². The van der Waals surface area contributed by atoms with Crippen molar-refractivity contribution >= 4 is 33.5 Å². The number of benzene rings is 2. The highest BCUT2D eigenvalue weighted by atomic mass is 35.5. The molecule has 0 radical (unpaired) electrons. The maximum atomic E-state index is 12.5. The zero-order chi connectivity index (χ0) is 19.6. The highest BCUT2D eigenvalue weighted by Crippen LogP contribution is 2.26. The van der Waals surface area contributed by atoms with Crippen molar-refractivity contribution in [3.05, 3.63) is 64.7 Å². The zero-order valence-corrected chi connectivity index (χ0v) is 15.7. The number of carbonyl (C=O) groups is 2. The quantitative estimate of drug-likeness (QED) is 0.710. The molecule has 0 aromatic heterocycles. The molecule has 2 aromatic rings. The van der Waals surface area contributed by atoms with Crippen molar-refractivity contribution in [2.75, 3.05) is 0 Å². The van der Waals surface area contributed by atoms with Gasteiger partial charge in [0.2, 0.25) is 16.1 Å². The molecular weight excluding hydrogens is 392 g/mol. The van der Waals surface area contributed by atoms with Crippen LogP contribution >= 0.6 is 11.6 Å². The van der Waals surface area contributed by atoms with E-state index in [9.17, 15) is 18.0 Å². The number of hydrogen-bond donors (Lipinski definition) is 2. The highest BCUT2D eigenvalue weighted by molar-refractivity contribution is 7.89. The van der Waals surface area contributed by atoms with Crippen LogP contribution in [0, 0.1) is 0 Å². The van der Waals surface area contributed by atoms with Crippen molar-refractivity contribution in [1.29, 1.82) is 0 Å². The molecule has 0 heterocycles. The van der Waals surface area contributed by atoms with Crippen molar-refractivity contribution in [2.24, 2.45) is 5.14 Å². The average Bonchev–Trinajstić information content (AvgIpc) is 3.43. The lowest BCUT2D eigenvalue weighted by Crippen LogP contribution is -2.33. The second-order valence-electron chi connectivity index (χ2n) is 6.17. The molecule has 142 valence electrons. The largest absolute Gasteiger partial charge is 0.444 e. The topological polar surface area (TPSA) is 116 Å². The summed E-state index contributed by atoms with van der Waals surface area (Å²) in [7, 11) is -4.11. The van der Waals surface area contributed by atoms with Crippen LogP contribution in [-0.2, 0) is 19.6 Å². The molecule has 9 heteroatoms. The lowest BCUT2D eigenvalue weighted by Gasteiger charge is -2.18. The van der Waals surface area contributed by atoms with Crippen molar-refractivity contribution in [2.45, 2.75) is 29.9 Å². The van der Waals surface area contributed by atoms with Crippen molar-refractivity contribution in [1.82, 2.24) is 5.32 Å². The zero-order valence-electron chi connectivity index (χ0n) is 14.1. The van der Waals surface area contributed by atoms with E-state index in [1.54, 1.807) is 30.3 Å². The number of rotatable bonds is 6. The number of nitrogens with two attached hydrogens (primary N) is 1. The standard InChI is InChI=1S/C18H17ClN2O5S/c19-14-9-6-12(10-15(14)27(20,24)25)18(23)26-16(11-4-2-1-3-5-11)17(22)21-13-7-8-13/h1-6,9-10,13,16H,7-8H2,(H,21,22)(H2,20,24,25)/t16-/m0/s1. The van der Waals surface area contributed by atoms with E-state index in [1.165, 1.54) is 12.1 Å². The number of carbonyl (C=O) groups excluding carboxylic acids is 2. The van der Waals surface area contributed by atoms with Gasteiger partial charge in [-0.3, -0.25) is 4.79 Å². The number of hydrogen-bond acceptors (Lipinski definition) is 5. The Morgan fingerprint density at radius 3 is 2.41 bits per heavy atom. The van der Waals surface area contributed by atoms with Gasteiger partial charge in [-0.05, 0) is 31.0 Å². The molecule has 1 aliphatic carbocycles. The maximum Gasteiger partial charge on any atom is 0.339 e. The predicted octanol–water partition coefficient (Wildman–Crippen LogP) is 2.16. The van der Waals surface area contributed by atoms with Gasteiger partial charge < -0.3 is 10.1 Å². The lowest BCUT2D eigenvalue weighted by molar-refractivity contribution is -0.130. The number of amides is 1. The van der Waals surface area contributed by atoms with Crippen LogP contribution in [0.5, 0.6) is 0 Å². The molecule has 0 saturated heterocycles. The third-order valence-corrected chi connectivity index (χ3v) is 5.35. The van der Waals surface area contributed by atoms with Gasteiger partial charge >= 0.3 is 5.97 Å². The fourth-order valence-electron chi connectivity index (χ4n) is 2.43. The van der Waals surface area contributed by atoms with Crippen molar-refractivity contribution in [3.63, 3.8) is 0 Å². The molecular formula is C18H17ClN2O5S. The first-order valence-corrected chi connectivity index (χ1v) is 10.1. The summed E-state index contributed by atoms with van der Waals surface area (Å²) < 4.78 is 28.6. The molecule has 27 heavy (non-hydrogen) atoms. The molecule has 0 spiro atoms. The van der Waals surface area contributed by atoms with Crippen LogP contribution in [0.1, 0.15) is 34.9 Å². The molecule has 0 unspecified atom stereocenters. The molecule has 0 aliphatic heterocycles. The molecule has 1 aliphatic rings. The minimum Gasteiger partial charge on any atom is -0.444 e. The molecule has 1 fully saturated rings. The Kier molecular flexibility index (Phi) is 5.50. The SMILES string of the molecule is NS(=O)(=O)c1cc(C(=O)O[C@H](C(=O)NC2CC2)c2ccccc2)ccc1Cl.